The first-order chi connectivity index (χ1) is 8.25. The highest BCUT2D eigenvalue weighted by Crippen LogP contribution is 2.38. The molecule has 0 spiro atoms. The summed E-state index contributed by atoms with van der Waals surface area (Å²) in [6.07, 6.45) is 5.64. The predicted molar refractivity (Wildman–Crippen MR) is 63.0 cm³/mol. The maximum atomic E-state index is 11.1. The van der Waals surface area contributed by atoms with E-state index in [4.69, 9.17) is 9.84 Å². The van der Waals surface area contributed by atoms with Crippen molar-refractivity contribution >= 4 is 11.7 Å². The zero-order chi connectivity index (χ0) is 11.8. The Kier molecular flexibility index (Phi) is 2.14. The molecule has 1 aromatic rings. The highest BCUT2D eigenvalue weighted by Gasteiger charge is 2.24. The molecule has 0 atom stereocenters. The molecule has 2 aliphatic heterocycles. The van der Waals surface area contributed by atoms with Crippen LogP contribution in [0.5, 0.6) is 5.75 Å². The van der Waals surface area contributed by atoms with Gasteiger partial charge in [-0.2, -0.15) is 0 Å². The molecule has 0 radical (unpaired) electrons. The van der Waals surface area contributed by atoms with E-state index in [0.717, 1.165) is 17.0 Å². The molecule has 0 aromatic heterocycles. The third kappa shape index (κ3) is 1.58. The lowest BCUT2D eigenvalue weighted by Crippen LogP contribution is -2.24. The summed E-state index contributed by atoms with van der Waals surface area (Å²) >= 11 is 0. The number of carboxylic acids is 1. The van der Waals surface area contributed by atoms with E-state index in [-0.39, 0.29) is 0 Å². The molecule has 2 aliphatic rings. The lowest BCUT2D eigenvalue weighted by molar-refractivity contribution is -0.132. The van der Waals surface area contributed by atoms with Gasteiger partial charge in [0.2, 0.25) is 0 Å². The highest BCUT2D eigenvalue weighted by atomic mass is 16.5. The van der Waals surface area contributed by atoms with Crippen molar-refractivity contribution in [3.63, 3.8) is 0 Å². The Hall–Kier alpha value is -2.23. The van der Waals surface area contributed by atoms with Gasteiger partial charge in [0.05, 0.1) is 17.5 Å². The van der Waals surface area contributed by atoms with Gasteiger partial charge < -0.3 is 14.7 Å². The zero-order valence-electron chi connectivity index (χ0n) is 9.09. The number of anilines is 1. The topological polar surface area (TPSA) is 49.8 Å². The van der Waals surface area contributed by atoms with Gasteiger partial charge in [-0.05, 0) is 17.7 Å². The lowest BCUT2D eigenvalue weighted by Gasteiger charge is -2.27. The first kappa shape index (κ1) is 9.96. The van der Waals surface area contributed by atoms with Crippen LogP contribution in [0.3, 0.4) is 0 Å². The molecule has 1 aromatic carbocycles. The third-order valence-electron chi connectivity index (χ3n) is 2.93. The maximum absolute atomic E-state index is 11.1. The molecule has 0 aliphatic carbocycles. The SMILES string of the molecule is O=C(O)C1=CN2CC=COc3cccc(c32)C1. The zero-order valence-corrected chi connectivity index (χ0v) is 9.09. The molecule has 4 heteroatoms. The van der Waals surface area contributed by atoms with Gasteiger partial charge in [-0.25, -0.2) is 4.79 Å². The summed E-state index contributed by atoms with van der Waals surface area (Å²) in [5, 5.41) is 9.09. The lowest BCUT2D eigenvalue weighted by atomic mass is 9.99. The van der Waals surface area contributed by atoms with Crippen LogP contribution in [0.1, 0.15) is 5.56 Å². The second kappa shape index (κ2) is 3.66. The van der Waals surface area contributed by atoms with Gasteiger partial charge >= 0.3 is 5.97 Å². The van der Waals surface area contributed by atoms with Crippen LogP contribution in [0, 0.1) is 0 Å². The first-order valence-corrected chi connectivity index (χ1v) is 5.40. The Morgan fingerprint density at radius 3 is 3.12 bits per heavy atom. The molecular weight excluding hydrogens is 218 g/mol. The molecule has 3 rings (SSSR count). The van der Waals surface area contributed by atoms with Gasteiger partial charge in [-0.15, -0.1) is 0 Å². The van der Waals surface area contributed by atoms with Crippen LogP contribution >= 0.6 is 0 Å². The summed E-state index contributed by atoms with van der Waals surface area (Å²) < 4.78 is 5.49. The van der Waals surface area contributed by atoms with Crippen LogP contribution in [-0.4, -0.2) is 17.6 Å². The number of ether oxygens (including phenoxy) is 1. The fraction of sp³-hybridized carbons (Fsp3) is 0.154. The first-order valence-electron chi connectivity index (χ1n) is 5.40. The molecule has 2 heterocycles. The molecule has 0 bridgehead atoms. The van der Waals surface area contributed by atoms with Crippen molar-refractivity contribution in [3.05, 3.63) is 47.9 Å². The van der Waals surface area contributed by atoms with Crippen LogP contribution in [0.4, 0.5) is 5.69 Å². The number of carboxylic acid groups (broad SMARTS) is 1. The number of rotatable bonds is 1. The summed E-state index contributed by atoms with van der Waals surface area (Å²) in [5.41, 5.74) is 2.37. The van der Waals surface area contributed by atoms with Crippen molar-refractivity contribution in [2.75, 3.05) is 11.4 Å². The smallest absolute Gasteiger partial charge is 0.333 e. The van der Waals surface area contributed by atoms with Gasteiger partial charge in [0.1, 0.15) is 5.75 Å². The van der Waals surface area contributed by atoms with Crippen LogP contribution < -0.4 is 9.64 Å². The fourth-order valence-electron chi connectivity index (χ4n) is 2.19. The minimum Gasteiger partial charge on any atom is -0.478 e. The summed E-state index contributed by atoms with van der Waals surface area (Å²) in [7, 11) is 0. The number of hydrogen-bond donors (Lipinski definition) is 1. The molecular formula is C13H11NO3. The Bertz CT molecular complexity index is 546. The number of nitrogens with zero attached hydrogens (tertiary/aromatic N) is 1. The van der Waals surface area contributed by atoms with E-state index in [1.54, 1.807) is 12.5 Å². The van der Waals surface area contributed by atoms with E-state index in [0.29, 0.717) is 18.5 Å². The number of para-hydroxylation sites is 1. The van der Waals surface area contributed by atoms with Crippen molar-refractivity contribution in [1.82, 2.24) is 0 Å². The monoisotopic (exact) mass is 229 g/mol. The van der Waals surface area contributed by atoms with E-state index >= 15 is 0 Å². The van der Waals surface area contributed by atoms with Crippen LogP contribution in [0.15, 0.2) is 42.3 Å². The molecule has 86 valence electrons. The second-order valence-electron chi connectivity index (χ2n) is 4.04. The number of benzene rings is 1. The minimum absolute atomic E-state index is 0.407. The van der Waals surface area contributed by atoms with Crippen LogP contribution in [-0.2, 0) is 11.2 Å². The normalized spacial score (nSPS) is 16.7. The van der Waals surface area contributed by atoms with Gasteiger partial charge in [0, 0.05) is 19.2 Å². The summed E-state index contributed by atoms with van der Waals surface area (Å²) in [4.78, 5) is 13.0. The van der Waals surface area contributed by atoms with E-state index < -0.39 is 5.97 Å². The Morgan fingerprint density at radius 1 is 1.41 bits per heavy atom. The molecule has 0 saturated carbocycles. The van der Waals surface area contributed by atoms with Gasteiger partial charge in [0.25, 0.3) is 0 Å². The quantitative estimate of drug-likeness (QED) is 0.799. The Balaban J connectivity index is 2.15. The van der Waals surface area contributed by atoms with Crippen molar-refractivity contribution in [2.45, 2.75) is 6.42 Å². The number of hydrogen-bond acceptors (Lipinski definition) is 3. The van der Waals surface area contributed by atoms with Crippen LogP contribution in [0.25, 0.3) is 0 Å². The molecule has 0 fully saturated rings. The molecule has 0 unspecified atom stereocenters. The van der Waals surface area contributed by atoms with E-state index in [9.17, 15) is 4.79 Å². The molecule has 1 N–H and O–H groups in total. The fourth-order valence-corrected chi connectivity index (χ4v) is 2.19. The highest BCUT2D eigenvalue weighted by molar-refractivity contribution is 5.90. The number of aliphatic carboxylic acids is 1. The Morgan fingerprint density at radius 2 is 2.29 bits per heavy atom. The van der Waals surface area contributed by atoms with Gasteiger partial charge in [-0.1, -0.05) is 12.1 Å². The Labute approximate surface area is 98.4 Å². The summed E-state index contributed by atoms with van der Waals surface area (Å²) in [5.74, 6) is -0.0906. The predicted octanol–water partition coefficient (Wildman–Crippen LogP) is 1.92. The molecule has 17 heavy (non-hydrogen) atoms. The maximum Gasteiger partial charge on any atom is 0.333 e. The van der Waals surface area contributed by atoms with E-state index in [1.807, 2.05) is 29.2 Å². The minimum atomic E-state index is -0.866. The second-order valence-corrected chi connectivity index (χ2v) is 4.04. The van der Waals surface area contributed by atoms with Crippen molar-refractivity contribution < 1.29 is 14.6 Å². The average molecular weight is 229 g/mol. The van der Waals surface area contributed by atoms with Crippen molar-refractivity contribution in [3.8, 4) is 5.75 Å². The number of carbonyl (C=O) groups is 1. The van der Waals surface area contributed by atoms with Crippen LogP contribution in [0.2, 0.25) is 0 Å². The average Bonchev–Trinajstić information content (AvgIpc) is 2.53. The molecule has 0 amide bonds. The third-order valence-corrected chi connectivity index (χ3v) is 2.93. The van der Waals surface area contributed by atoms with Gasteiger partial charge in [-0.3, -0.25) is 0 Å². The molecule has 4 nitrogen and oxygen atoms in total. The van der Waals surface area contributed by atoms with E-state index in [1.165, 1.54) is 0 Å². The summed E-state index contributed by atoms with van der Waals surface area (Å²) in [6.45, 7) is 0.626. The largest absolute Gasteiger partial charge is 0.478 e. The standard InChI is InChI=1S/C13H11NO3/c15-13(16)10-7-9-3-1-4-11-12(9)14(8-10)5-2-6-17-11/h1-4,6,8H,5,7H2,(H,15,16). The summed E-state index contributed by atoms with van der Waals surface area (Å²) in [6, 6.07) is 5.72. The van der Waals surface area contributed by atoms with E-state index in [2.05, 4.69) is 0 Å². The van der Waals surface area contributed by atoms with Crippen molar-refractivity contribution in [2.24, 2.45) is 0 Å². The van der Waals surface area contributed by atoms with Crippen molar-refractivity contribution in [1.29, 1.82) is 0 Å². The molecule has 0 saturated heterocycles. The van der Waals surface area contributed by atoms with Gasteiger partial charge in [0.15, 0.2) is 0 Å².